The predicted molar refractivity (Wildman–Crippen MR) is 139 cm³/mol. The van der Waals surface area contributed by atoms with Gasteiger partial charge in [0.1, 0.15) is 17.5 Å². The van der Waals surface area contributed by atoms with Gasteiger partial charge in [0.05, 0.1) is 18.9 Å². The Morgan fingerprint density at radius 1 is 1.22 bits per heavy atom. The summed E-state index contributed by atoms with van der Waals surface area (Å²) >= 11 is 12.0. The molecular weight excluding hydrogens is 502 g/mol. The molecule has 1 aromatic heterocycles. The lowest BCUT2D eigenvalue weighted by Crippen LogP contribution is -2.31. The topological polar surface area (TPSA) is 60.5 Å². The summed E-state index contributed by atoms with van der Waals surface area (Å²) in [7, 11) is 0. The summed E-state index contributed by atoms with van der Waals surface area (Å²) in [5.41, 5.74) is 0.419. The third-order valence-corrected chi connectivity index (χ3v) is 6.26. The van der Waals surface area contributed by atoms with E-state index in [0.717, 1.165) is 12.8 Å². The van der Waals surface area contributed by atoms with Crippen LogP contribution in [0.3, 0.4) is 0 Å². The van der Waals surface area contributed by atoms with Crippen LogP contribution in [0.2, 0.25) is 10.0 Å². The molecule has 1 amide bonds. The molecule has 0 saturated heterocycles. The smallest absolute Gasteiger partial charge is 0.259 e. The van der Waals surface area contributed by atoms with E-state index >= 15 is 0 Å². The molecule has 1 atom stereocenters. The molecule has 36 heavy (non-hydrogen) atoms. The summed E-state index contributed by atoms with van der Waals surface area (Å²) in [5.74, 6) is 3.28. The second kappa shape index (κ2) is 10.8. The summed E-state index contributed by atoms with van der Waals surface area (Å²) in [6.45, 7) is 3.03. The molecule has 0 bridgehead atoms. The van der Waals surface area contributed by atoms with Gasteiger partial charge < -0.3 is 14.8 Å². The SMILES string of the molecule is C#CC(C)(C)Oc1cncc(Oc2cccc(C3CC3)c2)c1C(=O)NCC(F)c1ccc(Cl)cc1Cl. The van der Waals surface area contributed by atoms with E-state index in [9.17, 15) is 9.18 Å². The zero-order valence-corrected chi connectivity index (χ0v) is 21.4. The highest BCUT2D eigenvalue weighted by molar-refractivity contribution is 6.35. The van der Waals surface area contributed by atoms with Crippen LogP contribution in [0.15, 0.2) is 54.9 Å². The van der Waals surface area contributed by atoms with Gasteiger partial charge in [-0.2, -0.15) is 0 Å². The van der Waals surface area contributed by atoms with Crippen molar-refractivity contribution in [3.05, 3.63) is 81.6 Å². The number of carbonyl (C=O) groups excluding carboxylic acids is 1. The average molecular weight is 527 g/mol. The minimum absolute atomic E-state index is 0.0551. The lowest BCUT2D eigenvalue weighted by molar-refractivity contribution is 0.0928. The molecule has 0 radical (unpaired) electrons. The fraction of sp³-hybridized carbons (Fsp3) is 0.286. The first-order valence-electron chi connectivity index (χ1n) is 11.5. The Balaban J connectivity index is 1.61. The lowest BCUT2D eigenvalue weighted by Gasteiger charge is -2.23. The van der Waals surface area contributed by atoms with Crippen molar-refractivity contribution in [2.45, 2.75) is 44.4 Å². The summed E-state index contributed by atoms with van der Waals surface area (Å²) in [5, 5.41) is 3.17. The monoisotopic (exact) mass is 526 g/mol. The van der Waals surface area contributed by atoms with Crippen LogP contribution >= 0.6 is 23.2 Å². The normalized spacial score (nSPS) is 14.0. The van der Waals surface area contributed by atoms with Crippen molar-refractivity contribution in [2.75, 3.05) is 6.54 Å². The van der Waals surface area contributed by atoms with Gasteiger partial charge in [-0.15, -0.1) is 6.42 Å². The van der Waals surface area contributed by atoms with Gasteiger partial charge in [0, 0.05) is 15.6 Å². The van der Waals surface area contributed by atoms with Crippen molar-refractivity contribution in [1.82, 2.24) is 10.3 Å². The average Bonchev–Trinajstić information content (AvgIpc) is 3.68. The van der Waals surface area contributed by atoms with Gasteiger partial charge in [0.2, 0.25) is 0 Å². The number of halogens is 3. The number of nitrogens with zero attached hydrogens (tertiary/aromatic N) is 1. The number of amides is 1. The van der Waals surface area contributed by atoms with Crippen LogP contribution in [-0.4, -0.2) is 23.0 Å². The van der Waals surface area contributed by atoms with Crippen molar-refractivity contribution in [1.29, 1.82) is 0 Å². The van der Waals surface area contributed by atoms with Crippen LogP contribution in [-0.2, 0) is 0 Å². The standard InChI is InChI=1S/C28H25Cl2FN2O3/c1-4-28(2,3)36-25-16-32-15-24(35-20-7-5-6-18(12-20)17-8-9-17)26(25)27(34)33-14-23(31)21-11-10-19(29)13-22(21)30/h1,5-7,10-13,15-17,23H,8-9,14H2,2-3H3,(H,33,34). The van der Waals surface area contributed by atoms with Crippen molar-refractivity contribution in [2.24, 2.45) is 0 Å². The van der Waals surface area contributed by atoms with Crippen LogP contribution in [0.5, 0.6) is 17.2 Å². The summed E-state index contributed by atoms with van der Waals surface area (Å²) < 4.78 is 26.9. The molecule has 2 aromatic carbocycles. The quantitative estimate of drug-likeness (QED) is 0.297. The van der Waals surface area contributed by atoms with E-state index in [4.69, 9.17) is 39.1 Å². The van der Waals surface area contributed by atoms with Crippen LogP contribution in [0.1, 0.15) is 60.3 Å². The number of nitrogens with one attached hydrogen (secondary N) is 1. The molecule has 4 rings (SSSR count). The largest absolute Gasteiger partial charge is 0.473 e. The maximum atomic E-state index is 15.0. The Hall–Kier alpha value is -3.27. The molecule has 1 aliphatic carbocycles. The summed E-state index contributed by atoms with van der Waals surface area (Å²) in [6, 6.07) is 12.2. The maximum absolute atomic E-state index is 15.0. The third-order valence-electron chi connectivity index (χ3n) is 5.69. The molecule has 0 aliphatic heterocycles. The second-order valence-corrected chi connectivity index (χ2v) is 9.90. The molecule has 5 nitrogen and oxygen atoms in total. The number of benzene rings is 2. The van der Waals surface area contributed by atoms with E-state index in [2.05, 4.69) is 22.3 Å². The van der Waals surface area contributed by atoms with E-state index in [1.165, 1.54) is 36.2 Å². The lowest BCUT2D eigenvalue weighted by atomic mass is 10.1. The van der Waals surface area contributed by atoms with Crippen LogP contribution in [0, 0.1) is 12.3 Å². The Labute approximate surface area is 219 Å². The summed E-state index contributed by atoms with van der Waals surface area (Å²) in [6.07, 6.45) is 9.10. The molecule has 1 unspecified atom stereocenters. The van der Waals surface area contributed by atoms with Crippen LogP contribution in [0.4, 0.5) is 4.39 Å². The number of ether oxygens (including phenoxy) is 2. The van der Waals surface area contributed by atoms with E-state index in [1.807, 2.05) is 12.1 Å². The van der Waals surface area contributed by atoms with Crippen LogP contribution in [0.25, 0.3) is 0 Å². The fourth-order valence-corrected chi connectivity index (χ4v) is 4.14. The minimum atomic E-state index is -1.56. The zero-order valence-electron chi connectivity index (χ0n) is 19.9. The van der Waals surface area contributed by atoms with Crippen LogP contribution < -0.4 is 14.8 Å². The van der Waals surface area contributed by atoms with Crippen molar-refractivity contribution in [3.63, 3.8) is 0 Å². The predicted octanol–water partition coefficient (Wildman–Crippen LogP) is 7.29. The molecule has 1 fully saturated rings. The molecule has 1 N–H and O–H groups in total. The van der Waals surface area contributed by atoms with Gasteiger partial charge in [-0.25, -0.2) is 4.39 Å². The number of hydrogen-bond donors (Lipinski definition) is 1. The first kappa shape index (κ1) is 25.8. The number of carbonyl (C=O) groups is 1. The molecule has 8 heteroatoms. The van der Waals surface area contributed by atoms with Gasteiger partial charge in [-0.05, 0) is 62.4 Å². The molecule has 0 spiro atoms. The fourth-order valence-electron chi connectivity index (χ4n) is 3.62. The molecule has 186 valence electrons. The molecule has 1 heterocycles. The highest BCUT2D eigenvalue weighted by Crippen LogP contribution is 2.42. The Morgan fingerprint density at radius 2 is 1.97 bits per heavy atom. The van der Waals surface area contributed by atoms with Gasteiger partial charge in [0.25, 0.3) is 5.91 Å². The zero-order chi connectivity index (χ0) is 25.9. The third kappa shape index (κ3) is 6.29. The Kier molecular flexibility index (Phi) is 7.73. The van der Waals surface area contributed by atoms with E-state index in [1.54, 1.807) is 19.9 Å². The highest BCUT2D eigenvalue weighted by atomic mass is 35.5. The minimum Gasteiger partial charge on any atom is -0.473 e. The van der Waals surface area contributed by atoms with Crippen molar-refractivity contribution >= 4 is 29.1 Å². The number of terminal acetylenes is 1. The Bertz CT molecular complexity index is 1320. The van der Waals surface area contributed by atoms with Crippen molar-refractivity contribution < 1.29 is 18.7 Å². The number of hydrogen-bond acceptors (Lipinski definition) is 4. The van der Waals surface area contributed by atoms with Gasteiger partial charge >= 0.3 is 0 Å². The molecule has 3 aromatic rings. The summed E-state index contributed by atoms with van der Waals surface area (Å²) in [4.78, 5) is 17.5. The molecule has 1 saturated carbocycles. The first-order chi connectivity index (χ1) is 17.2. The molecule has 1 aliphatic rings. The van der Waals surface area contributed by atoms with E-state index in [-0.39, 0.29) is 34.2 Å². The Morgan fingerprint density at radius 3 is 2.67 bits per heavy atom. The highest BCUT2D eigenvalue weighted by Gasteiger charge is 2.27. The number of rotatable bonds is 9. The first-order valence-corrected chi connectivity index (χ1v) is 12.2. The van der Waals surface area contributed by atoms with Crippen molar-refractivity contribution in [3.8, 4) is 29.6 Å². The molecular formula is C28H25Cl2FN2O3. The number of pyridine rings is 1. The van der Waals surface area contributed by atoms with E-state index < -0.39 is 17.7 Å². The number of aromatic nitrogens is 1. The number of alkyl halides is 1. The van der Waals surface area contributed by atoms with Gasteiger partial charge in [-0.3, -0.25) is 9.78 Å². The van der Waals surface area contributed by atoms with E-state index in [0.29, 0.717) is 16.7 Å². The van der Waals surface area contributed by atoms with Gasteiger partial charge in [0.15, 0.2) is 17.1 Å². The van der Waals surface area contributed by atoms with Gasteiger partial charge in [-0.1, -0.05) is 47.3 Å². The maximum Gasteiger partial charge on any atom is 0.259 e. The second-order valence-electron chi connectivity index (χ2n) is 9.06.